The Bertz CT molecular complexity index is 918. The van der Waals surface area contributed by atoms with E-state index in [0.717, 1.165) is 22.3 Å². The second kappa shape index (κ2) is 8.67. The van der Waals surface area contributed by atoms with Crippen LogP contribution >= 0.6 is 0 Å². The molecule has 6 heteroatoms. The van der Waals surface area contributed by atoms with Crippen LogP contribution < -0.4 is 4.72 Å². The minimum absolute atomic E-state index is 0.0694. The van der Waals surface area contributed by atoms with Crippen LogP contribution in [0.4, 0.5) is 0 Å². The highest BCUT2D eigenvalue weighted by atomic mass is 32.2. The molecule has 0 saturated carbocycles. The van der Waals surface area contributed by atoms with Gasteiger partial charge in [0.1, 0.15) is 0 Å². The molecule has 0 spiro atoms. The maximum Gasteiger partial charge on any atom is 0.307 e. The van der Waals surface area contributed by atoms with E-state index in [-0.39, 0.29) is 17.9 Å². The summed E-state index contributed by atoms with van der Waals surface area (Å²) in [5, 5.41) is 0. The highest BCUT2D eigenvalue weighted by Crippen LogP contribution is 2.25. The van der Waals surface area contributed by atoms with Crippen LogP contribution in [-0.2, 0) is 19.6 Å². The lowest BCUT2D eigenvalue weighted by atomic mass is 10.0. The summed E-state index contributed by atoms with van der Waals surface area (Å²) in [7, 11) is -3.81. The summed E-state index contributed by atoms with van der Waals surface area (Å²) in [5.41, 5.74) is 4.39. The number of nitrogens with one attached hydrogen (secondary N) is 1. The number of carbonyl (C=O) groups excluding carboxylic acids is 1. The fraction of sp³-hybridized carbons (Fsp3) is 0.381. The monoisotopic (exact) mass is 389 g/mol. The van der Waals surface area contributed by atoms with Crippen LogP contribution in [-0.4, -0.2) is 21.0 Å². The largest absolute Gasteiger partial charge is 0.466 e. The van der Waals surface area contributed by atoms with Crippen LogP contribution in [0.2, 0.25) is 0 Å². The third kappa shape index (κ3) is 5.40. The van der Waals surface area contributed by atoms with Crippen molar-refractivity contribution in [2.75, 3.05) is 6.61 Å². The van der Waals surface area contributed by atoms with Crippen molar-refractivity contribution in [3.8, 4) is 0 Å². The van der Waals surface area contributed by atoms with Crippen LogP contribution in [0.25, 0.3) is 0 Å². The number of benzene rings is 2. The fourth-order valence-electron chi connectivity index (χ4n) is 2.89. The van der Waals surface area contributed by atoms with Crippen LogP contribution in [0.3, 0.4) is 0 Å². The minimum Gasteiger partial charge on any atom is -0.466 e. The van der Waals surface area contributed by atoms with Crippen molar-refractivity contribution in [2.45, 2.75) is 52.0 Å². The van der Waals surface area contributed by atoms with Gasteiger partial charge >= 0.3 is 5.97 Å². The van der Waals surface area contributed by atoms with Gasteiger partial charge in [-0.3, -0.25) is 4.79 Å². The van der Waals surface area contributed by atoms with Gasteiger partial charge in [0.25, 0.3) is 0 Å². The van der Waals surface area contributed by atoms with E-state index in [0.29, 0.717) is 5.56 Å². The van der Waals surface area contributed by atoms with Crippen molar-refractivity contribution in [2.24, 2.45) is 0 Å². The van der Waals surface area contributed by atoms with Crippen molar-refractivity contribution >= 4 is 16.0 Å². The van der Waals surface area contributed by atoms with Gasteiger partial charge in [-0.1, -0.05) is 35.9 Å². The molecule has 5 nitrogen and oxygen atoms in total. The van der Waals surface area contributed by atoms with E-state index < -0.39 is 22.0 Å². The zero-order valence-electron chi connectivity index (χ0n) is 16.5. The number of hydrogen-bond donors (Lipinski definition) is 1. The molecule has 1 atom stereocenters. The topological polar surface area (TPSA) is 72.5 Å². The molecule has 27 heavy (non-hydrogen) atoms. The van der Waals surface area contributed by atoms with Gasteiger partial charge in [0.05, 0.1) is 24.0 Å². The Balaban J connectivity index is 2.39. The first kappa shape index (κ1) is 21.1. The standard InChI is InChI=1S/C21H27NO4S/c1-6-26-21(23)13-19(18-9-7-14(2)8-10-18)22-27(24,25)20-12-16(4)15(3)11-17(20)5/h7-12,19,22H,6,13H2,1-5H3/t19-/m1/s1. The molecule has 0 radical (unpaired) electrons. The van der Waals surface area contributed by atoms with Gasteiger partial charge in [-0.05, 0) is 62.9 Å². The van der Waals surface area contributed by atoms with Crippen LogP contribution in [0.15, 0.2) is 41.3 Å². The fourth-order valence-corrected chi connectivity index (χ4v) is 4.42. The van der Waals surface area contributed by atoms with Crippen molar-refractivity contribution in [3.05, 3.63) is 64.2 Å². The number of aryl methyl sites for hydroxylation is 4. The van der Waals surface area contributed by atoms with Gasteiger partial charge < -0.3 is 4.74 Å². The highest BCUT2D eigenvalue weighted by Gasteiger charge is 2.26. The van der Waals surface area contributed by atoms with Gasteiger partial charge in [-0.2, -0.15) is 0 Å². The Hall–Kier alpha value is -2.18. The molecule has 0 bridgehead atoms. The number of sulfonamides is 1. The van der Waals surface area contributed by atoms with E-state index in [1.807, 2.05) is 51.1 Å². The molecule has 0 unspecified atom stereocenters. The van der Waals surface area contributed by atoms with E-state index in [1.54, 1.807) is 19.9 Å². The van der Waals surface area contributed by atoms with E-state index in [2.05, 4.69) is 4.72 Å². The normalized spacial score (nSPS) is 12.6. The van der Waals surface area contributed by atoms with Crippen LogP contribution in [0.1, 0.15) is 47.2 Å². The van der Waals surface area contributed by atoms with Crippen molar-refractivity contribution in [1.29, 1.82) is 0 Å². The maximum absolute atomic E-state index is 13.0. The molecule has 0 aliphatic rings. The Labute approximate surface area is 161 Å². The second-order valence-electron chi connectivity index (χ2n) is 6.80. The first-order valence-electron chi connectivity index (χ1n) is 8.96. The number of carbonyl (C=O) groups is 1. The van der Waals surface area contributed by atoms with E-state index in [9.17, 15) is 13.2 Å². The second-order valence-corrected chi connectivity index (χ2v) is 8.48. The number of rotatable bonds is 7. The number of hydrogen-bond acceptors (Lipinski definition) is 4. The molecule has 2 aromatic rings. The van der Waals surface area contributed by atoms with E-state index >= 15 is 0 Å². The van der Waals surface area contributed by atoms with Crippen molar-refractivity contribution < 1.29 is 17.9 Å². The molecule has 0 heterocycles. The smallest absolute Gasteiger partial charge is 0.307 e. The molecule has 146 valence electrons. The average molecular weight is 390 g/mol. The SMILES string of the molecule is CCOC(=O)C[C@@H](NS(=O)(=O)c1cc(C)c(C)cc1C)c1ccc(C)cc1. The predicted octanol–water partition coefficient (Wildman–Crippen LogP) is 3.89. The molecule has 1 N–H and O–H groups in total. The number of ether oxygens (including phenoxy) is 1. The van der Waals surface area contributed by atoms with Gasteiger partial charge in [-0.15, -0.1) is 0 Å². The van der Waals surface area contributed by atoms with Crippen molar-refractivity contribution in [1.82, 2.24) is 4.72 Å². The number of esters is 1. The van der Waals surface area contributed by atoms with Crippen LogP contribution in [0, 0.1) is 27.7 Å². The molecule has 0 aliphatic heterocycles. The molecular formula is C21H27NO4S. The Morgan fingerprint density at radius 3 is 2.19 bits per heavy atom. The van der Waals surface area contributed by atoms with Gasteiger partial charge in [0, 0.05) is 0 Å². The Morgan fingerprint density at radius 2 is 1.59 bits per heavy atom. The van der Waals surface area contributed by atoms with Gasteiger partial charge in [0.15, 0.2) is 0 Å². The molecule has 0 aromatic heterocycles. The van der Waals surface area contributed by atoms with Gasteiger partial charge in [0.2, 0.25) is 10.0 Å². The highest BCUT2D eigenvalue weighted by molar-refractivity contribution is 7.89. The maximum atomic E-state index is 13.0. The molecule has 2 rings (SSSR count). The first-order valence-corrected chi connectivity index (χ1v) is 10.4. The quantitative estimate of drug-likeness (QED) is 0.729. The van der Waals surface area contributed by atoms with E-state index in [4.69, 9.17) is 4.74 Å². The molecule has 0 aliphatic carbocycles. The average Bonchev–Trinajstić information content (AvgIpc) is 2.58. The summed E-state index contributed by atoms with van der Waals surface area (Å²) in [6, 6.07) is 10.3. The molecule has 0 fully saturated rings. The summed E-state index contributed by atoms with van der Waals surface area (Å²) in [6.07, 6.45) is -0.0694. The first-order chi connectivity index (χ1) is 12.6. The summed E-state index contributed by atoms with van der Waals surface area (Å²) in [5.74, 6) is -0.442. The zero-order chi connectivity index (χ0) is 20.2. The van der Waals surface area contributed by atoms with Crippen molar-refractivity contribution in [3.63, 3.8) is 0 Å². The lowest BCUT2D eigenvalue weighted by Gasteiger charge is -2.20. The molecule has 2 aromatic carbocycles. The third-order valence-electron chi connectivity index (χ3n) is 4.53. The summed E-state index contributed by atoms with van der Waals surface area (Å²) in [4.78, 5) is 12.3. The lowest BCUT2D eigenvalue weighted by molar-refractivity contribution is -0.143. The Kier molecular flexibility index (Phi) is 6.78. The summed E-state index contributed by atoms with van der Waals surface area (Å²) in [6.45, 7) is 9.52. The molecule has 0 amide bonds. The molecular weight excluding hydrogens is 362 g/mol. The Morgan fingerprint density at radius 1 is 1.00 bits per heavy atom. The lowest BCUT2D eigenvalue weighted by Crippen LogP contribution is -2.31. The van der Waals surface area contributed by atoms with Gasteiger partial charge in [-0.25, -0.2) is 13.1 Å². The van der Waals surface area contributed by atoms with Crippen LogP contribution in [0.5, 0.6) is 0 Å². The zero-order valence-corrected chi connectivity index (χ0v) is 17.3. The minimum atomic E-state index is -3.81. The summed E-state index contributed by atoms with van der Waals surface area (Å²) >= 11 is 0. The summed E-state index contributed by atoms with van der Waals surface area (Å²) < 4.78 is 33.8. The third-order valence-corrected chi connectivity index (χ3v) is 6.15. The predicted molar refractivity (Wildman–Crippen MR) is 106 cm³/mol. The van der Waals surface area contributed by atoms with E-state index in [1.165, 1.54) is 0 Å². The molecule has 0 saturated heterocycles.